The Morgan fingerprint density at radius 3 is 2.25 bits per heavy atom. The number of aryl methyl sites for hydroxylation is 3. The van der Waals surface area contributed by atoms with Crippen molar-refractivity contribution in [2.75, 3.05) is 10.6 Å². The molecule has 3 aromatic rings. The van der Waals surface area contributed by atoms with Crippen molar-refractivity contribution >= 4 is 23.1 Å². The molecule has 0 spiro atoms. The second-order valence-electron chi connectivity index (χ2n) is 5.82. The molecule has 0 unspecified atom stereocenters. The maximum atomic E-state index is 13.8. The first-order chi connectivity index (χ1) is 11.5. The third-order valence-electron chi connectivity index (χ3n) is 3.47. The van der Waals surface area contributed by atoms with Crippen LogP contribution >= 0.6 is 0 Å². The molecule has 0 aliphatic carbocycles. The van der Waals surface area contributed by atoms with E-state index in [-0.39, 0.29) is 5.82 Å². The Bertz CT molecular complexity index is 857. The summed E-state index contributed by atoms with van der Waals surface area (Å²) in [5, 5.41) is 6.21. The topological polar surface area (TPSA) is 49.8 Å². The molecule has 0 aliphatic rings. The van der Waals surface area contributed by atoms with Crippen molar-refractivity contribution in [3.63, 3.8) is 0 Å². The fraction of sp³-hybridized carbons (Fsp3) is 0.158. The maximum Gasteiger partial charge on any atom is 0.229 e. The van der Waals surface area contributed by atoms with Crippen LogP contribution in [-0.4, -0.2) is 9.97 Å². The Labute approximate surface area is 140 Å². The molecule has 1 heterocycles. The van der Waals surface area contributed by atoms with Crippen molar-refractivity contribution in [1.29, 1.82) is 0 Å². The molecule has 5 heteroatoms. The number of aromatic nitrogens is 2. The number of anilines is 4. The number of hydrogen-bond acceptors (Lipinski definition) is 4. The van der Waals surface area contributed by atoms with E-state index in [9.17, 15) is 4.39 Å². The van der Waals surface area contributed by atoms with Crippen LogP contribution in [0.5, 0.6) is 0 Å². The first kappa shape index (κ1) is 15.9. The predicted octanol–water partition coefficient (Wildman–Crippen LogP) is 5.03. The first-order valence-corrected chi connectivity index (χ1v) is 7.72. The van der Waals surface area contributed by atoms with E-state index in [2.05, 4.69) is 52.6 Å². The highest BCUT2D eigenvalue weighted by molar-refractivity contribution is 5.61. The van der Waals surface area contributed by atoms with Gasteiger partial charge in [0.05, 0.1) is 5.69 Å². The summed E-state index contributed by atoms with van der Waals surface area (Å²) in [5.74, 6) is 0.671. The van der Waals surface area contributed by atoms with Gasteiger partial charge in [-0.25, -0.2) is 9.37 Å². The monoisotopic (exact) mass is 322 g/mol. The van der Waals surface area contributed by atoms with Gasteiger partial charge < -0.3 is 10.6 Å². The highest BCUT2D eigenvalue weighted by Crippen LogP contribution is 2.22. The summed E-state index contributed by atoms with van der Waals surface area (Å²) in [4.78, 5) is 8.74. The van der Waals surface area contributed by atoms with Crippen LogP contribution in [0.15, 0.2) is 48.5 Å². The highest BCUT2D eigenvalue weighted by atomic mass is 19.1. The average Bonchev–Trinajstić information content (AvgIpc) is 2.48. The van der Waals surface area contributed by atoms with Gasteiger partial charge in [-0.15, -0.1) is 0 Å². The van der Waals surface area contributed by atoms with E-state index in [0.717, 1.165) is 11.4 Å². The Kier molecular flexibility index (Phi) is 4.42. The summed E-state index contributed by atoms with van der Waals surface area (Å²) < 4.78 is 13.8. The molecule has 2 N–H and O–H groups in total. The van der Waals surface area contributed by atoms with Crippen LogP contribution in [-0.2, 0) is 0 Å². The van der Waals surface area contributed by atoms with Crippen molar-refractivity contribution in [2.24, 2.45) is 0 Å². The van der Waals surface area contributed by atoms with E-state index in [4.69, 9.17) is 0 Å². The summed E-state index contributed by atoms with van der Waals surface area (Å²) in [6, 6.07) is 14.5. The lowest BCUT2D eigenvalue weighted by Crippen LogP contribution is -2.03. The molecule has 2 aromatic carbocycles. The quantitative estimate of drug-likeness (QED) is 0.707. The molecular weight excluding hydrogens is 303 g/mol. The molecule has 3 rings (SSSR count). The molecule has 122 valence electrons. The summed E-state index contributed by atoms with van der Waals surface area (Å²) >= 11 is 0. The highest BCUT2D eigenvalue weighted by Gasteiger charge is 2.06. The zero-order chi connectivity index (χ0) is 17.1. The molecule has 4 nitrogen and oxygen atoms in total. The van der Waals surface area contributed by atoms with Gasteiger partial charge in [0, 0.05) is 17.4 Å². The molecular formula is C19H19FN4. The number of para-hydroxylation sites is 1. The lowest BCUT2D eigenvalue weighted by atomic mass is 10.1. The van der Waals surface area contributed by atoms with Gasteiger partial charge in [0.1, 0.15) is 11.6 Å². The Morgan fingerprint density at radius 1 is 0.833 bits per heavy atom. The van der Waals surface area contributed by atoms with Crippen molar-refractivity contribution in [2.45, 2.75) is 20.8 Å². The Morgan fingerprint density at radius 2 is 1.54 bits per heavy atom. The Hall–Kier alpha value is -2.95. The van der Waals surface area contributed by atoms with Gasteiger partial charge in [0.25, 0.3) is 0 Å². The van der Waals surface area contributed by atoms with E-state index in [1.165, 1.54) is 17.2 Å². The van der Waals surface area contributed by atoms with E-state index >= 15 is 0 Å². The van der Waals surface area contributed by atoms with Gasteiger partial charge >= 0.3 is 0 Å². The number of halogens is 1. The van der Waals surface area contributed by atoms with Gasteiger partial charge in [-0.2, -0.15) is 4.98 Å². The van der Waals surface area contributed by atoms with Crippen LogP contribution in [0.4, 0.5) is 27.5 Å². The molecule has 0 fully saturated rings. The number of benzene rings is 2. The lowest BCUT2D eigenvalue weighted by molar-refractivity contribution is 0.631. The second-order valence-corrected chi connectivity index (χ2v) is 5.82. The van der Waals surface area contributed by atoms with Crippen molar-refractivity contribution in [3.05, 3.63) is 71.2 Å². The smallest absolute Gasteiger partial charge is 0.229 e. The van der Waals surface area contributed by atoms with Crippen LogP contribution in [0.25, 0.3) is 0 Å². The van der Waals surface area contributed by atoms with Crippen molar-refractivity contribution in [3.8, 4) is 0 Å². The van der Waals surface area contributed by atoms with E-state index in [1.807, 2.05) is 13.0 Å². The third-order valence-corrected chi connectivity index (χ3v) is 3.47. The third kappa shape index (κ3) is 3.87. The van der Waals surface area contributed by atoms with Gasteiger partial charge in [0.15, 0.2) is 0 Å². The SMILES string of the molecule is Cc1cc(C)cc(Nc2cc(C)nc(Nc3ccccc3F)n2)c1. The predicted molar refractivity (Wildman–Crippen MR) is 95.7 cm³/mol. The lowest BCUT2D eigenvalue weighted by Gasteiger charge is -2.11. The Balaban J connectivity index is 1.87. The number of nitrogens with one attached hydrogen (secondary N) is 2. The zero-order valence-corrected chi connectivity index (χ0v) is 13.9. The fourth-order valence-corrected chi connectivity index (χ4v) is 2.57. The summed E-state index contributed by atoms with van der Waals surface area (Å²) in [7, 11) is 0. The van der Waals surface area contributed by atoms with Gasteiger partial charge in [-0.3, -0.25) is 0 Å². The zero-order valence-electron chi connectivity index (χ0n) is 13.9. The molecule has 0 radical (unpaired) electrons. The molecule has 0 amide bonds. The van der Waals surface area contributed by atoms with Crippen LogP contribution in [0.3, 0.4) is 0 Å². The minimum Gasteiger partial charge on any atom is -0.340 e. The summed E-state index contributed by atoms with van der Waals surface area (Å²) in [6.07, 6.45) is 0. The number of rotatable bonds is 4. The van der Waals surface area contributed by atoms with Gasteiger partial charge in [-0.1, -0.05) is 18.2 Å². The molecule has 0 aliphatic heterocycles. The average molecular weight is 322 g/mol. The number of hydrogen-bond donors (Lipinski definition) is 2. The van der Waals surface area contributed by atoms with Crippen molar-refractivity contribution in [1.82, 2.24) is 9.97 Å². The minimum atomic E-state index is -0.341. The van der Waals surface area contributed by atoms with E-state index in [0.29, 0.717) is 17.5 Å². The molecule has 0 saturated carbocycles. The van der Waals surface area contributed by atoms with Crippen LogP contribution < -0.4 is 10.6 Å². The van der Waals surface area contributed by atoms with Crippen LogP contribution in [0.2, 0.25) is 0 Å². The summed E-state index contributed by atoms with van der Waals surface area (Å²) in [5.41, 5.74) is 4.44. The largest absolute Gasteiger partial charge is 0.340 e. The molecule has 24 heavy (non-hydrogen) atoms. The van der Waals surface area contributed by atoms with E-state index in [1.54, 1.807) is 18.2 Å². The maximum absolute atomic E-state index is 13.8. The second kappa shape index (κ2) is 6.66. The van der Waals surface area contributed by atoms with Crippen molar-refractivity contribution < 1.29 is 4.39 Å². The molecule has 1 aromatic heterocycles. The minimum absolute atomic E-state index is 0.341. The van der Waals surface area contributed by atoms with Gasteiger partial charge in [0.2, 0.25) is 5.95 Å². The molecule has 0 saturated heterocycles. The number of nitrogens with zero attached hydrogens (tertiary/aromatic N) is 2. The van der Waals surface area contributed by atoms with Gasteiger partial charge in [-0.05, 0) is 56.2 Å². The first-order valence-electron chi connectivity index (χ1n) is 7.72. The standard InChI is InChI=1S/C19H19FN4/c1-12-8-13(2)10-15(9-12)22-18-11-14(3)21-19(24-18)23-17-7-5-4-6-16(17)20/h4-11H,1-3H3,(H2,21,22,23,24). The molecule has 0 bridgehead atoms. The molecule has 0 atom stereocenters. The van der Waals surface area contributed by atoms with Crippen LogP contribution in [0, 0.1) is 26.6 Å². The van der Waals surface area contributed by atoms with Crippen LogP contribution in [0.1, 0.15) is 16.8 Å². The van der Waals surface area contributed by atoms with E-state index < -0.39 is 0 Å². The fourth-order valence-electron chi connectivity index (χ4n) is 2.57. The summed E-state index contributed by atoms with van der Waals surface area (Å²) in [6.45, 7) is 5.98. The normalized spacial score (nSPS) is 10.5.